The largest absolute Gasteiger partial charge is 0.480 e. The molecular formula is C14H19NO5S. The topological polar surface area (TPSA) is 101 Å². The van der Waals surface area contributed by atoms with Crippen LogP contribution in [-0.4, -0.2) is 37.7 Å². The molecule has 1 amide bonds. The summed E-state index contributed by atoms with van der Waals surface area (Å²) in [5, 5.41) is 11.4. The monoisotopic (exact) mass is 313 g/mol. The molecule has 1 rings (SSSR count). The number of amides is 1. The maximum absolute atomic E-state index is 11.9. The second kappa shape index (κ2) is 7.21. The van der Waals surface area contributed by atoms with Gasteiger partial charge in [0.1, 0.15) is 6.04 Å². The van der Waals surface area contributed by atoms with Crippen LogP contribution in [0.5, 0.6) is 0 Å². The zero-order valence-corrected chi connectivity index (χ0v) is 12.8. The molecule has 1 unspecified atom stereocenters. The number of carboxylic acid groups (broad SMARTS) is 1. The lowest BCUT2D eigenvalue weighted by Gasteiger charge is -2.13. The highest BCUT2D eigenvalue weighted by Crippen LogP contribution is 2.09. The normalized spacial score (nSPS) is 12.7. The Hall–Kier alpha value is -1.89. The highest BCUT2D eigenvalue weighted by molar-refractivity contribution is 7.89. The third kappa shape index (κ3) is 5.95. The van der Waals surface area contributed by atoms with Crippen molar-refractivity contribution < 1.29 is 23.1 Å². The van der Waals surface area contributed by atoms with Crippen LogP contribution in [0.1, 0.15) is 35.7 Å². The van der Waals surface area contributed by atoms with Crippen LogP contribution >= 0.6 is 0 Å². The van der Waals surface area contributed by atoms with E-state index in [2.05, 4.69) is 5.32 Å². The van der Waals surface area contributed by atoms with Crippen LogP contribution in [0, 0.1) is 0 Å². The fraction of sp³-hybridized carbons (Fsp3) is 0.429. The van der Waals surface area contributed by atoms with Gasteiger partial charge in [-0.25, -0.2) is 13.2 Å². The molecule has 0 heterocycles. The van der Waals surface area contributed by atoms with Gasteiger partial charge in [-0.3, -0.25) is 4.79 Å². The highest BCUT2D eigenvalue weighted by atomic mass is 32.2. The van der Waals surface area contributed by atoms with Crippen LogP contribution in [-0.2, 0) is 20.4 Å². The first-order chi connectivity index (χ1) is 9.73. The molecule has 0 aliphatic heterocycles. The Morgan fingerprint density at radius 1 is 1.24 bits per heavy atom. The summed E-state index contributed by atoms with van der Waals surface area (Å²) in [7, 11) is -3.13. The number of nitrogens with one attached hydrogen (secondary N) is 1. The fourth-order valence-electron chi connectivity index (χ4n) is 1.84. The number of aliphatic carboxylic acids is 1. The molecule has 0 aliphatic rings. The Bertz CT molecular complexity index is 607. The first kappa shape index (κ1) is 17.2. The predicted molar refractivity (Wildman–Crippen MR) is 78.8 cm³/mol. The van der Waals surface area contributed by atoms with Gasteiger partial charge in [0.25, 0.3) is 5.91 Å². The molecule has 0 fully saturated rings. The first-order valence-corrected chi connectivity index (χ1v) is 8.59. The molecule has 0 radical (unpaired) electrons. The lowest BCUT2D eigenvalue weighted by atomic mass is 10.1. The van der Waals surface area contributed by atoms with Gasteiger partial charge in [-0.2, -0.15) is 0 Å². The van der Waals surface area contributed by atoms with Crippen molar-refractivity contribution in [3.05, 3.63) is 35.4 Å². The Labute approximate surface area is 124 Å². The van der Waals surface area contributed by atoms with Gasteiger partial charge < -0.3 is 10.4 Å². The van der Waals surface area contributed by atoms with Gasteiger partial charge >= 0.3 is 5.97 Å². The molecule has 1 aromatic rings. The van der Waals surface area contributed by atoms with Crippen molar-refractivity contribution in [2.24, 2.45) is 0 Å². The van der Waals surface area contributed by atoms with E-state index in [4.69, 9.17) is 5.11 Å². The minimum atomic E-state index is -3.13. The van der Waals surface area contributed by atoms with Crippen molar-refractivity contribution in [2.75, 3.05) is 6.26 Å². The third-order valence-electron chi connectivity index (χ3n) is 2.83. The van der Waals surface area contributed by atoms with E-state index in [0.29, 0.717) is 24.0 Å². The van der Waals surface area contributed by atoms with Gasteiger partial charge in [0, 0.05) is 11.8 Å². The lowest BCUT2D eigenvalue weighted by Crippen LogP contribution is -2.40. The maximum Gasteiger partial charge on any atom is 0.326 e. The van der Waals surface area contributed by atoms with E-state index in [1.54, 1.807) is 12.1 Å². The lowest BCUT2D eigenvalue weighted by molar-refractivity contribution is -0.139. The Morgan fingerprint density at radius 2 is 1.81 bits per heavy atom. The van der Waals surface area contributed by atoms with E-state index < -0.39 is 27.8 Å². The van der Waals surface area contributed by atoms with Crippen molar-refractivity contribution in [3.8, 4) is 0 Å². The van der Waals surface area contributed by atoms with E-state index >= 15 is 0 Å². The predicted octanol–water partition coefficient (Wildman–Crippen LogP) is 1.21. The number of hydrogen-bond acceptors (Lipinski definition) is 4. The molecule has 0 bridgehead atoms. The van der Waals surface area contributed by atoms with E-state index in [1.807, 2.05) is 6.92 Å². The second-order valence-corrected chi connectivity index (χ2v) is 7.06. The molecule has 0 aliphatic carbocycles. The summed E-state index contributed by atoms with van der Waals surface area (Å²) in [6, 6.07) is 5.15. The van der Waals surface area contributed by atoms with Crippen molar-refractivity contribution in [3.63, 3.8) is 0 Å². The number of carbonyl (C=O) groups excluding carboxylic acids is 1. The van der Waals surface area contributed by atoms with Crippen LogP contribution in [0.15, 0.2) is 24.3 Å². The van der Waals surface area contributed by atoms with Gasteiger partial charge in [0.05, 0.1) is 5.75 Å². The van der Waals surface area contributed by atoms with Crippen LogP contribution in [0.4, 0.5) is 0 Å². The number of sulfone groups is 1. The molecule has 1 atom stereocenters. The third-order valence-corrected chi connectivity index (χ3v) is 3.68. The molecule has 0 saturated carbocycles. The first-order valence-electron chi connectivity index (χ1n) is 6.53. The number of carbonyl (C=O) groups is 2. The molecule has 1 aromatic carbocycles. The quantitative estimate of drug-likeness (QED) is 0.788. The van der Waals surface area contributed by atoms with Crippen LogP contribution in [0.2, 0.25) is 0 Å². The SMILES string of the molecule is CCCC(NC(=O)c1ccc(CS(C)(=O)=O)cc1)C(=O)O. The Kier molecular flexibility index (Phi) is 5.90. The molecule has 2 N–H and O–H groups in total. The molecule has 0 spiro atoms. The van der Waals surface area contributed by atoms with E-state index in [9.17, 15) is 18.0 Å². The van der Waals surface area contributed by atoms with E-state index in [-0.39, 0.29) is 5.75 Å². The van der Waals surface area contributed by atoms with Gasteiger partial charge in [0.15, 0.2) is 9.84 Å². The molecular weight excluding hydrogens is 294 g/mol. The van der Waals surface area contributed by atoms with Crippen molar-refractivity contribution in [2.45, 2.75) is 31.6 Å². The number of rotatable bonds is 7. The number of carboxylic acids is 1. The van der Waals surface area contributed by atoms with Gasteiger partial charge in [-0.15, -0.1) is 0 Å². The summed E-state index contributed by atoms with van der Waals surface area (Å²) in [6.07, 6.45) is 2.13. The molecule has 7 heteroatoms. The van der Waals surface area contributed by atoms with Crippen molar-refractivity contribution in [1.29, 1.82) is 0 Å². The smallest absolute Gasteiger partial charge is 0.326 e. The van der Waals surface area contributed by atoms with Crippen LogP contribution in [0.25, 0.3) is 0 Å². The van der Waals surface area contributed by atoms with Gasteiger partial charge in [0.2, 0.25) is 0 Å². The van der Waals surface area contributed by atoms with Gasteiger partial charge in [-0.05, 0) is 24.1 Å². The van der Waals surface area contributed by atoms with Crippen molar-refractivity contribution in [1.82, 2.24) is 5.32 Å². The summed E-state index contributed by atoms with van der Waals surface area (Å²) in [6.45, 7) is 1.84. The zero-order valence-electron chi connectivity index (χ0n) is 12.0. The minimum absolute atomic E-state index is 0.0948. The minimum Gasteiger partial charge on any atom is -0.480 e. The zero-order chi connectivity index (χ0) is 16.0. The highest BCUT2D eigenvalue weighted by Gasteiger charge is 2.19. The average Bonchev–Trinajstić information content (AvgIpc) is 2.36. The molecule has 6 nitrogen and oxygen atoms in total. The Balaban J connectivity index is 2.77. The molecule has 0 aromatic heterocycles. The molecule has 0 saturated heterocycles. The summed E-state index contributed by atoms with van der Waals surface area (Å²) < 4.78 is 22.3. The number of hydrogen-bond donors (Lipinski definition) is 2. The molecule has 21 heavy (non-hydrogen) atoms. The standard InChI is InChI=1S/C14H19NO5S/c1-3-4-12(14(17)18)15-13(16)11-7-5-10(6-8-11)9-21(2,19)20/h5-8,12H,3-4,9H2,1-2H3,(H,15,16)(H,17,18). The fourth-order valence-corrected chi connectivity index (χ4v) is 2.64. The van der Waals surface area contributed by atoms with Crippen LogP contribution < -0.4 is 5.32 Å². The van der Waals surface area contributed by atoms with Crippen molar-refractivity contribution >= 4 is 21.7 Å². The Morgan fingerprint density at radius 3 is 2.24 bits per heavy atom. The summed E-state index contributed by atoms with van der Waals surface area (Å²) in [4.78, 5) is 22.9. The van der Waals surface area contributed by atoms with Crippen LogP contribution in [0.3, 0.4) is 0 Å². The second-order valence-electron chi connectivity index (χ2n) is 4.92. The molecule has 116 valence electrons. The summed E-state index contributed by atoms with van der Waals surface area (Å²) in [5.41, 5.74) is 0.881. The van der Waals surface area contributed by atoms with E-state index in [1.165, 1.54) is 12.1 Å². The summed E-state index contributed by atoms with van der Waals surface area (Å²) >= 11 is 0. The average molecular weight is 313 g/mol. The number of benzene rings is 1. The maximum atomic E-state index is 11.9. The summed E-state index contributed by atoms with van der Waals surface area (Å²) in [5.74, 6) is -1.65. The van der Waals surface area contributed by atoms with Gasteiger partial charge in [-0.1, -0.05) is 25.5 Å². The van der Waals surface area contributed by atoms with E-state index in [0.717, 1.165) is 6.26 Å².